The lowest BCUT2D eigenvalue weighted by Crippen LogP contribution is -2.39. The van der Waals surface area contributed by atoms with Crippen molar-refractivity contribution in [3.05, 3.63) is 0 Å². The van der Waals surface area contributed by atoms with Gasteiger partial charge >= 0.3 is 0 Å². The summed E-state index contributed by atoms with van der Waals surface area (Å²) in [7, 11) is 1.59. The summed E-state index contributed by atoms with van der Waals surface area (Å²) in [4.78, 5) is 0. The summed E-state index contributed by atoms with van der Waals surface area (Å²) in [5, 5.41) is 18.2. The van der Waals surface area contributed by atoms with Crippen molar-refractivity contribution in [2.24, 2.45) is 0 Å². The zero-order valence-electron chi connectivity index (χ0n) is 7.72. The minimum Gasteiger partial charge on any atom is -0.393 e. The van der Waals surface area contributed by atoms with Gasteiger partial charge in [0.25, 0.3) is 0 Å². The third-order valence-corrected chi connectivity index (χ3v) is 1.70. The van der Waals surface area contributed by atoms with Gasteiger partial charge in [0.05, 0.1) is 17.8 Å². The van der Waals surface area contributed by atoms with E-state index in [4.69, 9.17) is 9.84 Å². The first-order valence-corrected chi connectivity index (χ1v) is 3.71. The Labute approximate surface area is 68.0 Å². The Hall–Kier alpha value is -0.120. The average Bonchev–Trinajstić information content (AvgIpc) is 1.86. The molecule has 68 valence electrons. The van der Waals surface area contributed by atoms with E-state index in [1.807, 2.05) is 13.8 Å². The van der Waals surface area contributed by atoms with Gasteiger partial charge in [-0.05, 0) is 20.8 Å². The van der Waals surface area contributed by atoms with E-state index >= 15 is 0 Å². The fourth-order valence-corrected chi connectivity index (χ4v) is 1.05. The molecule has 0 aliphatic carbocycles. The molecule has 0 aromatic heterocycles. The van der Waals surface area contributed by atoms with Crippen LogP contribution in [0, 0.1) is 0 Å². The largest absolute Gasteiger partial charge is 0.393 e. The van der Waals surface area contributed by atoms with E-state index in [1.165, 1.54) is 0 Å². The lowest BCUT2D eigenvalue weighted by Gasteiger charge is -2.31. The van der Waals surface area contributed by atoms with Gasteiger partial charge in [-0.1, -0.05) is 0 Å². The van der Waals surface area contributed by atoms with E-state index in [2.05, 4.69) is 0 Å². The van der Waals surface area contributed by atoms with Crippen LogP contribution in [0.3, 0.4) is 0 Å². The number of methoxy groups -OCH3 is 1. The topological polar surface area (TPSA) is 49.7 Å². The number of aliphatic hydroxyl groups excluding tert-OH is 1. The molecule has 0 fully saturated rings. The molecule has 0 radical (unpaired) electrons. The van der Waals surface area contributed by atoms with Gasteiger partial charge in [-0.15, -0.1) is 0 Å². The third kappa shape index (κ3) is 4.35. The third-order valence-electron chi connectivity index (χ3n) is 1.70. The molecule has 0 bridgehead atoms. The number of hydrogen-bond acceptors (Lipinski definition) is 3. The average molecular weight is 162 g/mol. The first kappa shape index (κ1) is 10.9. The second-order valence-corrected chi connectivity index (χ2v) is 3.80. The summed E-state index contributed by atoms with van der Waals surface area (Å²) in [5.74, 6) is 0. The molecular weight excluding hydrogens is 144 g/mol. The fourth-order valence-electron chi connectivity index (χ4n) is 1.05. The highest BCUT2D eigenvalue weighted by Crippen LogP contribution is 2.22. The number of hydrogen-bond donors (Lipinski definition) is 2. The number of ether oxygens (including phenoxy) is 1. The molecule has 0 saturated carbocycles. The van der Waals surface area contributed by atoms with Crippen LogP contribution in [-0.2, 0) is 4.74 Å². The molecule has 11 heavy (non-hydrogen) atoms. The van der Waals surface area contributed by atoms with Crippen molar-refractivity contribution in [3.8, 4) is 0 Å². The van der Waals surface area contributed by atoms with Gasteiger partial charge in [-0.2, -0.15) is 0 Å². The van der Waals surface area contributed by atoms with E-state index in [0.717, 1.165) is 0 Å². The minimum atomic E-state index is -1.04. The summed E-state index contributed by atoms with van der Waals surface area (Å²) in [6.45, 7) is 5.10. The highest BCUT2D eigenvalue weighted by Gasteiger charge is 2.29. The first-order chi connectivity index (χ1) is 4.83. The maximum atomic E-state index is 9.46. The molecule has 0 aliphatic rings. The Kier molecular flexibility index (Phi) is 3.48. The van der Waals surface area contributed by atoms with Gasteiger partial charge in [0.15, 0.2) is 0 Å². The van der Waals surface area contributed by atoms with Crippen LogP contribution in [0.2, 0.25) is 0 Å². The molecule has 0 aromatic rings. The van der Waals surface area contributed by atoms with Gasteiger partial charge < -0.3 is 14.9 Å². The van der Waals surface area contributed by atoms with E-state index in [1.54, 1.807) is 14.0 Å². The molecule has 1 unspecified atom stereocenters. The summed E-state index contributed by atoms with van der Waals surface area (Å²) >= 11 is 0. The Bertz CT molecular complexity index is 105. The van der Waals surface area contributed by atoms with Crippen LogP contribution in [0.4, 0.5) is 0 Å². The number of aliphatic hydroxyl groups is 2. The van der Waals surface area contributed by atoms with Gasteiger partial charge in [0, 0.05) is 13.5 Å². The van der Waals surface area contributed by atoms with Crippen molar-refractivity contribution in [1.29, 1.82) is 0 Å². The van der Waals surface area contributed by atoms with Crippen molar-refractivity contribution in [3.63, 3.8) is 0 Å². The predicted octanol–water partition coefficient (Wildman–Crippen LogP) is 0.545. The normalized spacial score (nSPS) is 18.0. The first-order valence-electron chi connectivity index (χ1n) is 3.71. The van der Waals surface area contributed by atoms with E-state index < -0.39 is 5.60 Å². The zero-order chi connectivity index (χ0) is 9.12. The van der Waals surface area contributed by atoms with Gasteiger partial charge in [0.1, 0.15) is 0 Å². The van der Waals surface area contributed by atoms with Crippen LogP contribution in [0.1, 0.15) is 27.2 Å². The molecular formula is C8H18O3. The van der Waals surface area contributed by atoms with Crippen LogP contribution in [-0.4, -0.2) is 35.1 Å². The summed E-state index contributed by atoms with van der Waals surface area (Å²) < 4.78 is 5.10. The molecule has 1 atom stereocenters. The lowest BCUT2D eigenvalue weighted by atomic mass is 9.91. The second-order valence-electron chi connectivity index (χ2n) is 3.80. The van der Waals surface area contributed by atoms with Crippen molar-refractivity contribution in [2.75, 3.05) is 13.7 Å². The fraction of sp³-hybridized carbons (Fsp3) is 1.00. The Morgan fingerprint density at radius 2 is 1.73 bits per heavy atom. The number of rotatable bonds is 4. The lowest BCUT2D eigenvalue weighted by molar-refractivity contribution is -0.0798. The standard InChI is InChI=1S/C8H18O3/c1-7(2,11-4)5-8(3,10)6-9/h9-10H,5-6H2,1-4H3. The summed E-state index contributed by atoms with van der Waals surface area (Å²) in [6, 6.07) is 0. The smallest absolute Gasteiger partial charge is 0.0876 e. The van der Waals surface area contributed by atoms with Crippen molar-refractivity contribution >= 4 is 0 Å². The minimum absolute atomic E-state index is 0.236. The highest BCUT2D eigenvalue weighted by molar-refractivity contribution is 4.81. The maximum absolute atomic E-state index is 9.46. The maximum Gasteiger partial charge on any atom is 0.0876 e. The van der Waals surface area contributed by atoms with E-state index in [0.29, 0.717) is 6.42 Å². The SMILES string of the molecule is COC(C)(C)CC(C)(O)CO. The summed E-state index contributed by atoms with van der Waals surface area (Å²) in [5.41, 5.74) is -1.42. The Morgan fingerprint density at radius 3 is 2.00 bits per heavy atom. The zero-order valence-corrected chi connectivity index (χ0v) is 7.72. The van der Waals surface area contributed by atoms with Gasteiger partial charge in [-0.3, -0.25) is 0 Å². The molecule has 3 heteroatoms. The van der Waals surface area contributed by atoms with E-state index in [-0.39, 0.29) is 12.2 Å². The molecule has 3 nitrogen and oxygen atoms in total. The van der Waals surface area contributed by atoms with Crippen molar-refractivity contribution in [1.82, 2.24) is 0 Å². The molecule has 0 saturated heterocycles. The molecule has 0 spiro atoms. The van der Waals surface area contributed by atoms with Crippen molar-refractivity contribution in [2.45, 2.75) is 38.4 Å². The predicted molar refractivity (Wildman–Crippen MR) is 43.4 cm³/mol. The second kappa shape index (κ2) is 3.52. The molecule has 0 amide bonds. The van der Waals surface area contributed by atoms with Crippen LogP contribution in [0.5, 0.6) is 0 Å². The van der Waals surface area contributed by atoms with Crippen LogP contribution < -0.4 is 0 Å². The Morgan fingerprint density at radius 1 is 1.27 bits per heavy atom. The molecule has 0 aromatic carbocycles. The summed E-state index contributed by atoms with van der Waals surface area (Å²) in [6.07, 6.45) is 0.424. The van der Waals surface area contributed by atoms with Crippen LogP contribution >= 0.6 is 0 Å². The van der Waals surface area contributed by atoms with Gasteiger partial charge in [0.2, 0.25) is 0 Å². The molecule has 0 rings (SSSR count). The highest BCUT2D eigenvalue weighted by atomic mass is 16.5. The molecule has 0 heterocycles. The van der Waals surface area contributed by atoms with Crippen molar-refractivity contribution < 1.29 is 14.9 Å². The van der Waals surface area contributed by atoms with Crippen LogP contribution in [0.25, 0.3) is 0 Å². The molecule has 2 N–H and O–H groups in total. The van der Waals surface area contributed by atoms with Crippen LogP contribution in [0.15, 0.2) is 0 Å². The quantitative estimate of drug-likeness (QED) is 0.634. The van der Waals surface area contributed by atoms with E-state index in [9.17, 15) is 5.11 Å². The molecule has 0 aliphatic heterocycles. The monoisotopic (exact) mass is 162 g/mol. The Balaban J connectivity index is 4.02. The van der Waals surface area contributed by atoms with Gasteiger partial charge in [-0.25, -0.2) is 0 Å².